The number of ketones is 2. The van der Waals surface area contributed by atoms with Crippen LogP contribution in [-0.2, 0) is 14.3 Å². The third-order valence-corrected chi connectivity index (χ3v) is 9.45. The standard InChI is InChI=1S/C26H38O3/c1-6-8-9-18-21-14-17(29-5)15-22(27)26(21,4)20-12-13-25(3)16(7-2)10-11-19(25)23(20)24(18)28/h14,16,19-20,23H,6-13,15H2,1-5H3/t16-,19-,20-,23-,25+,26+/m0/s1. The maximum Gasteiger partial charge on any atom is 0.162 e. The van der Waals surface area contributed by atoms with E-state index in [0.29, 0.717) is 18.1 Å². The highest BCUT2D eigenvalue weighted by atomic mass is 16.5. The van der Waals surface area contributed by atoms with Crippen molar-refractivity contribution in [2.45, 2.75) is 85.5 Å². The molecule has 6 atom stereocenters. The van der Waals surface area contributed by atoms with Crippen LogP contribution in [0.2, 0.25) is 0 Å². The molecule has 3 nitrogen and oxygen atoms in total. The molecule has 0 aliphatic heterocycles. The molecule has 4 aliphatic carbocycles. The van der Waals surface area contributed by atoms with Gasteiger partial charge in [-0.25, -0.2) is 0 Å². The molecule has 29 heavy (non-hydrogen) atoms. The molecule has 0 spiro atoms. The largest absolute Gasteiger partial charge is 0.501 e. The second kappa shape index (κ2) is 7.39. The SMILES string of the molecule is CCCCC1=C2C=C(OC)CC(=O)[C@]2(C)[C@H]2CC[C@]3(C)[C@@H](CC)CC[C@H]3[C@@H]2C1=O. The van der Waals surface area contributed by atoms with Crippen molar-refractivity contribution in [3.05, 3.63) is 23.0 Å². The van der Waals surface area contributed by atoms with Gasteiger partial charge in [-0.15, -0.1) is 0 Å². The van der Waals surface area contributed by atoms with E-state index < -0.39 is 5.41 Å². The minimum atomic E-state index is -0.519. The van der Waals surface area contributed by atoms with Crippen LogP contribution < -0.4 is 0 Å². The van der Waals surface area contributed by atoms with E-state index in [1.165, 1.54) is 12.8 Å². The highest BCUT2D eigenvalue weighted by Gasteiger charge is 2.63. The van der Waals surface area contributed by atoms with Crippen molar-refractivity contribution >= 4 is 11.6 Å². The van der Waals surface area contributed by atoms with Crippen molar-refractivity contribution in [1.82, 2.24) is 0 Å². The molecule has 0 radical (unpaired) electrons. The molecule has 0 unspecified atom stereocenters. The third kappa shape index (κ3) is 2.82. The number of allylic oxidation sites excluding steroid dienone is 4. The lowest BCUT2D eigenvalue weighted by Crippen LogP contribution is -2.56. The average Bonchev–Trinajstić information content (AvgIpc) is 3.05. The fourth-order valence-corrected chi connectivity index (χ4v) is 7.67. The molecular formula is C26H38O3. The maximum atomic E-state index is 14.0. The molecule has 0 saturated heterocycles. The normalized spacial score (nSPS) is 41.6. The van der Waals surface area contributed by atoms with Gasteiger partial charge in [0.1, 0.15) is 5.76 Å². The summed E-state index contributed by atoms with van der Waals surface area (Å²) in [6.45, 7) is 9.07. The van der Waals surface area contributed by atoms with Crippen molar-refractivity contribution in [1.29, 1.82) is 0 Å². The molecule has 4 rings (SSSR count). The molecule has 0 aromatic rings. The van der Waals surface area contributed by atoms with Crippen LogP contribution in [0.15, 0.2) is 23.0 Å². The van der Waals surface area contributed by atoms with Crippen LogP contribution in [-0.4, -0.2) is 18.7 Å². The zero-order valence-electron chi connectivity index (χ0n) is 19.0. The van der Waals surface area contributed by atoms with E-state index in [4.69, 9.17) is 4.74 Å². The zero-order valence-corrected chi connectivity index (χ0v) is 19.0. The van der Waals surface area contributed by atoms with Crippen molar-refractivity contribution in [2.24, 2.45) is 34.5 Å². The average molecular weight is 399 g/mol. The highest BCUT2D eigenvalue weighted by Crippen LogP contribution is 2.66. The van der Waals surface area contributed by atoms with Crippen molar-refractivity contribution in [2.75, 3.05) is 7.11 Å². The summed E-state index contributed by atoms with van der Waals surface area (Å²) in [5, 5.41) is 0. The Balaban J connectivity index is 1.86. The van der Waals surface area contributed by atoms with Gasteiger partial charge in [0.15, 0.2) is 11.6 Å². The Kier molecular flexibility index (Phi) is 5.32. The second-order valence-corrected chi connectivity index (χ2v) is 10.4. The van der Waals surface area contributed by atoms with Gasteiger partial charge in [-0.05, 0) is 85.8 Å². The molecule has 3 heteroatoms. The number of unbranched alkanes of at least 4 members (excludes halogenated alkanes) is 1. The summed E-state index contributed by atoms with van der Waals surface area (Å²) in [4.78, 5) is 27.5. The molecule has 0 amide bonds. The Bertz CT molecular complexity index is 775. The molecule has 0 heterocycles. The number of carbonyl (C=O) groups excluding carboxylic acids is 2. The van der Waals surface area contributed by atoms with Gasteiger partial charge in [-0.3, -0.25) is 9.59 Å². The van der Waals surface area contributed by atoms with Crippen molar-refractivity contribution in [3.8, 4) is 0 Å². The number of hydrogen-bond acceptors (Lipinski definition) is 3. The van der Waals surface area contributed by atoms with E-state index in [1.54, 1.807) is 7.11 Å². The minimum absolute atomic E-state index is 0.0346. The molecule has 2 saturated carbocycles. The Morgan fingerprint density at radius 3 is 2.52 bits per heavy atom. The summed E-state index contributed by atoms with van der Waals surface area (Å²) in [5.41, 5.74) is 1.69. The number of Topliss-reactive ketones (excluding diaryl/α,β-unsaturated/α-hetero) is 2. The lowest BCUT2D eigenvalue weighted by molar-refractivity contribution is -0.143. The van der Waals surface area contributed by atoms with Crippen LogP contribution in [0.4, 0.5) is 0 Å². The fraction of sp³-hybridized carbons (Fsp3) is 0.769. The first-order chi connectivity index (χ1) is 13.8. The van der Waals surface area contributed by atoms with Gasteiger partial charge in [0, 0.05) is 5.92 Å². The fourth-order valence-electron chi connectivity index (χ4n) is 7.67. The summed E-state index contributed by atoms with van der Waals surface area (Å²) < 4.78 is 5.49. The van der Waals surface area contributed by atoms with Crippen LogP contribution in [0.5, 0.6) is 0 Å². The first kappa shape index (κ1) is 20.9. The van der Waals surface area contributed by atoms with E-state index >= 15 is 0 Å². The van der Waals surface area contributed by atoms with Gasteiger partial charge in [0.25, 0.3) is 0 Å². The lowest BCUT2D eigenvalue weighted by Gasteiger charge is -2.56. The number of fused-ring (bicyclic) bond motifs is 5. The van der Waals surface area contributed by atoms with Gasteiger partial charge in [0.05, 0.1) is 18.9 Å². The number of hydrogen-bond donors (Lipinski definition) is 0. The molecule has 160 valence electrons. The molecular weight excluding hydrogens is 360 g/mol. The van der Waals surface area contributed by atoms with Crippen LogP contribution >= 0.6 is 0 Å². The Morgan fingerprint density at radius 1 is 1.10 bits per heavy atom. The van der Waals surface area contributed by atoms with Gasteiger partial charge in [0.2, 0.25) is 0 Å². The monoisotopic (exact) mass is 398 g/mol. The van der Waals surface area contributed by atoms with Gasteiger partial charge in [-0.2, -0.15) is 0 Å². The number of carbonyl (C=O) groups is 2. The van der Waals surface area contributed by atoms with Crippen molar-refractivity contribution in [3.63, 3.8) is 0 Å². The van der Waals surface area contributed by atoms with Gasteiger partial charge in [-0.1, -0.05) is 33.6 Å². The van der Waals surface area contributed by atoms with E-state index in [0.717, 1.165) is 61.3 Å². The summed E-state index contributed by atoms with van der Waals surface area (Å²) in [7, 11) is 1.64. The van der Waals surface area contributed by atoms with Crippen LogP contribution in [0.25, 0.3) is 0 Å². The third-order valence-electron chi connectivity index (χ3n) is 9.45. The number of ether oxygens (including phenoxy) is 1. The Morgan fingerprint density at radius 2 is 1.86 bits per heavy atom. The second-order valence-electron chi connectivity index (χ2n) is 10.4. The van der Waals surface area contributed by atoms with Crippen LogP contribution in [0.1, 0.15) is 85.5 Å². The van der Waals surface area contributed by atoms with Gasteiger partial charge >= 0.3 is 0 Å². The zero-order chi connectivity index (χ0) is 21.0. The van der Waals surface area contributed by atoms with Crippen LogP contribution in [0.3, 0.4) is 0 Å². The van der Waals surface area contributed by atoms with E-state index in [9.17, 15) is 9.59 Å². The van der Waals surface area contributed by atoms with Gasteiger partial charge < -0.3 is 4.74 Å². The smallest absolute Gasteiger partial charge is 0.162 e. The molecule has 0 N–H and O–H groups in total. The first-order valence-corrected chi connectivity index (χ1v) is 11.9. The summed E-state index contributed by atoms with van der Waals surface area (Å²) in [5.74, 6) is 2.70. The lowest BCUT2D eigenvalue weighted by atomic mass is 9.46. The molecule has 0 aromatic carbocycles. The molecule has 4 aliphatic rings. The molecule has 2 fully saturated rings. The Hall–Kier alpha value is -1.38. The quantitative estimate of drug-likeness (QED) is 0.567. The summed E-state index contributed by atoms with van der Waals surface area (Å²) >= 11 is 0. The van der Waals surface area contributed by atoms with E-state index in [-0.39, 0.29) is 23.0 Å². The predicted molar refractivity (Wildman–Crippen MR) is 115 cm³/mol. The Labute approximate surface area is 176 Å². The number of rotatable bonds is 5. The minimum Gasteiger partial charge on any atom is -0.501 e. The van der Waals surface area contributed by atoms with E-state index in [2.05, 4.69) is 33.8 Å². The number of methoxy groups -OCH3 is 1. The predicted octanol–water partition coefficient (Wildman–Crippen LogP) is 6.03. The highest BCUT2D eigenvalue weighted by molar-refractivity contribution is 6.05. The van der Waals surface area contributed by atoms with E-state index in [1.807, 2.05) is 0 Å². The molecule has 0 bridgehead atoms. The molecule has 0 aromatic heterocycles. The summed E-state index contributed by atoms with van der Waals surface area (Å²) in [6.07, 6.45) is 11.0. The van der Waals surface area contributed by atoms with Crippen LogP contribution in [0, 0.1) is 34.5 Å². The maximum absolute atomic E-state index is 14.0. The summed E-state index contributed by atoms with van der Waals surface area (Å²) in [6, 6.07) is 0. The van der Waals surface area contributed by atoms with Crippen molar-refractivity contribution < 1.29 is 14.3 Å². The topological polar surface area (TPSA) is 43.4 Å². The first-order valence-electron chi connectivity index (χ1n) is 11.9.